The Labute approximate surface area is 243 Å². The predicted octanol–water partition coefficient (Wildman–Crippen LogP) is 6.63. The molecule has 14 heteroatoms. The van der Waals surface area contributed by atoms with Crippen molar-refractivity contribution < 1.29 is 12.8 Å². The van der Waals surface area contributed by atoms with Gasteiger partial charge in [-0.1, -0.05) is 35.3 Å². The lowest BCUT2D eigenvalue weighted by atomic mass is 10.1. The first-order valence-electron chi connectivity index (χ1n) is 11.7. The molecule has 40 heavy (non-hydrogen) atoms. The Morgan fingerprint density at radius 3 is 2.45 bits per heavy atom. The van der Waals surface area contributed by atoms with E-state index in [1.165, 1.54) is 35.6 Å². The highest BCUT2D eigenvalue weighted by Gasteiger charge is 2.27. The van der Waals surface area contributed by atoms with Crippen molar-refractivity contribution in [3.8, 4) is 32.4 Å². The molecule has 0 fully saturated rings. The van der Waals surface area contributed by atoms with Gasteiger partial charge in [-0.05, 0) is 43.7 Å². The van der Waals surface area contributed by atoms with Gasteiger partial charge in [0.1, 0.15) is 15.7 Å². The number of sulfonamides is 1. The summed E-state index contributed by atoms with van der Waals surface area (Å²) in [6.07, 6.45) is 4.83. The third kappa shape index (κ3) is 5.35. The van der Waals surface area contributed by atoms with Gasteiger partial charge in [0, 0.05) is 36.8 Å². The topological polar surface area (TPSA) is 123 Å². The van der Waals surface area contributed by atoms with Gasteiger partial charge in [0.2, 0.25) is 5.95 Å². The van der Waals surface area contributed by atoms with Crippen molar-refractivity contribution in [3.05, 3.63) is 82.2 Å². The Hall–Kier alpha value is -3.71. The van der Waals surface area contributed by atoms with Gasteiger partial charge in [0.25, 0.3) is 10.0 Å². The number of thiazole rings is 1. The van der Waals surface area contributed by atoms with Gasteiger partial charge < -0.3 is 5.32 Å². The van der Waals surface area contributed by atoms with Crippen molar-refractivity contribution >= 4 is 56.2 Å². The van der Waals surface area contributed by atoms with Crippen LogP contribution in [0.2, 0.25) is 10.0 Å². The molecule has 0 aliphatic carbocycles. The number of aromatic nitrogens is 5. The van der Waals surface area contributed by atoms with E-state index in [1.54, 1.807) is 51.6 Å². The highest BCUT2D eigenvalue weighted by Crippen LogP contribution is 2.42. The van der Waals surface area contributed by atoms with Gasteiger partial charge in [-0.15, -0.1) is 11.3 Å². The van der Waals surface area contributed by atoms with Crippen LogP contribution in [0.25, 0.3) is 32.4 Å². The number of halogens is 3. The average molecular weight is 617 g/mol. The average Bonchev–Trinajstić information content (AvgIpc) is 3.37. The molecule has 0 amide bonds. The second-order valence-corrected chi connectivity index (χ2v) is 11.9. The molecule has 5 rings (SSSR count). The van der Waals surface area contributed by atoms with Crippen LogP contribution in [0.5, 0.6) is 0 Å². The second-order valence-electron chi connectivity index (χ2n) is 8.51. The van der Waals surface area contributed by atoms with E-state index < -0.39 is 15.8 Å². The highest BCUT2D eigenvalue weighted by molar-refractivity contribution is 7.93. The Bertz CT molecular complexity index is 1850. The number of nitrogens with one attached hydrogen (secondary N) is 2. The third-order valence-electron chi connectivity index (χ3n) is 5.78. The third-order valence-corrected chi connectivity index (χ3v) is 9.38. The minimum Gasteiger partial charge on any atom is -0.357 e. The number of hydrogen-bond donors (Lipinski definition) is 2. The number of benzene rings is 2. The zero-order chi connectivity index (χ0) is 28.6. The summed E-state index contributed by atoms with van der Waals surface area (Å²) < 4.78 is 44.9. The molecular weight excluding hydrogens is 596 g/mol. The van der Waals surface area contributed by atoms with Crippen LogP contribution in [-0.4, -0.2) is 40.4 Å². The van der Waals surface area contributed by atoms with E-state index in [9.17, 15) is 8.42 Å². The van der Waals surface area contributed by atoms with Crippen LogP contribution in [0.1, 0.15) is 11.4 Å². The molecule has 0 aliphatic heterocycles. The van der Waals surface area contributed by atoms with Crippen LogP contribution in [0.15, 0.2) is 59.9 Å². The lowest BCUT2D eigenvalue weighted by molar-refractivity contribution is 0.599. The minimum absolute atomic E-state index is 0.0487. The van der Waals surface area contributed by atoms with Crippen LogP contribution in [-0.2, 0) is 10.0 Å². The van der Waals surface area contributed by atoms with Crippen molar-refractivity contribution in [1.29, 1.82) is 0 Å². The van der Waals surface area contributed by atoms with E-state index >= 15 is 4.39 Å². The maximum absolute atomic E-state index is 16.1. The molecule has 0 saturated heterocycles. The first-order chi connectivity index (χ1) is 19.1. The quantitative estimate of drug-likeness (QED) is 0.209. The van der Waals surface area contributed by atoms with E-state index in [0.717, 1.165) is 0 Å². The van der Waals surface area contributed by atoms with E-state index in [4.69, 9.17) is 28.2 Å². The molecule has 0 bridgehead atoms. The minimum atomic E-state index is -4.35. The largest absolute Gasteiger partial charge is 0.357 e. The molecule has 5 aromatic rings. The van der Waals surface area contributed by atoms with Gasteiger partial charge in [0.05, 0.1) is 32.0 Å². The van der Waals surface area contributed by atoms with Gasteiger partial charge in [-0.25, -0.2) is 37.7 Å². The van der Waals surface area contributed by atoms with E-state index in [-0.39, 0.29) is 31.9 Å². The summed E-state index contributed by atoms with van der Waals surface area (Å²) in [6.45, 7) is 3.41. The van der Waals surface area contributed by atoms with Crippen LogP contribution in [0, 0.1) is 19.7 Å². The highest BCUT2D eigenvalue weighted by atomic mass is 35.5. The summed E-state index contributed by atoms with van der Waals surface area (Å²) in [6, 6.07) is 9.03. The number of hydrogen-bond acceptors (Lipinski definition) is 9. The summed E-state index contributed by atoms with van der Waals surface area (Å²) >= 11 is 13.7. The molecule has 0 unspecified atom stereocenters. The first kappa shape index (κ1) is 27.8. The molecule has 204 valence electrons. The fourth-order valence-corrected chi connectivity index (χ4v) is 7.05. The number of rotatable bonds is 7. The summed E-state index contributed by atoms with van der Waals surface area (Å²) in [5.41, 5.74) is 1.64. The van der Waals surface area contributed by atoms with Crippen molar-refractivity contribution in [2.24, 2.45) is 0 Å². The van der Waals surface area contributed by atoms with Crippen LogP contribution >= 0.6 is 34.5 Å². The molecule has 0 saturated carbocycles. The lowest BCUT2D eigenvalue weighted by Gasteiger charge is -2.14. The molecule has 3 aromatic heterocycles. The maximum atomic E-state index is 16.1. The smallest absolute Gasteiger partial charge is 0.264 e. The van der Waals surface area contributed by atoms with Crippen molar-refractivity contribution in [3.63, 3.8) is 0 Å². The monoisotopic (exact) mass is 615 g/mol. The Balaban J connectivity index is 1.65. The van der Waals surface area contributed by atoms with Crippen molar-refractivity contribution in [2.75, 3.05) is 17.1 Å². The van der Waals surface area contributed by atoms with Crippen LogP contribution in [0.3, 0.4) is 0 Å². The molecule has 3 heterocycles. The molecule has 0 atom stereocenters. The Morgan fingerprint density at radius 1 is 0.975 bits per heavy atom. The number of nitrogens with zero attached hydrogens (tertiary/aromatic N) is 5. The molecule has 0 aliphatic rings. The SMILES string of the molecule is CNc1nccc(-c2sc(-c3cnc(C)nc3)nc2-c2cccc(NS(=O)(=O)c3c(Cl)ccc(C)c3Cl)c2F)n1. The molecule has 2 N–H and O–H groups in total. The van der Waals surface area contributed by atoms with E-state index in [1.807, 2.05) is 0 Å². The molecule has 9 nitrogen and oxygen atoms in total. The fourth-order valence-electron chi connectivity index (χ4n) is 3.78. The molecule has 2 aromatic carbocycles. The van der Waals surface area contributed by atoms with E-state index in [2.05, 4.69) is 30.0 Å². The van der Waals surface area contributed by atoms with Crippen molar-refractivity contribution in [1.82, 2.24) is 24.9 Å². The summed E-state index contributed by atoms with van der Waals surface area (Å²) in [4.78, 5) is 22.0. The predicted molar refractivity (Wildman–Crippen MR) is 156 cm³/mol. The van der Waals surface area contributed by atoms with Crippen LogP contribution in [0.4, 0.5) is 16.0 Å². The molecule has 0 radical (unpaired) electrons. The van der Waals surface area contributed by atoms with Gasteiger partial charge >= 0.3 is 0 Å². The first-order valence-corrected chi connectivity index (χ1v) is 14.7. The van der Waals surface area contributed by atoms with Crippen molar-refractivity contribution in [2.45, 2.75) is 18.7 Å². The lowest BCUT2D eigenvalue weighted by Crippen LogP contribution is -2.15. The Kier molecular flexibility index (Phi) is 7.69. The summed E-state index contributed by atoms with van der Waals surface area (Å²) in [5.74, 6) is 0.119. The molecule has 0 spiro atoms. The zero-order valence-corrected chi connectivity index (χ0v) is 24.3. The van der Waals surface area contributed by atoms with Gasteiger partial charge in [-0.3, -0.25) is 4.72 Å². The fraction of sp³-hybridized carbons (Fsp3) is 0.115. The normalized spacial score (nSPS) is 11.4. The van der Waals surface area contributed by atoms with Gasteiger partial charge in [0.15, 0.2) is 5.82 Å². The maximum Gasteiger partial charge on any atom is 0.264 e. The van der Waals surface area contributed by atoms with E-state index in [0.29, 0.717) is 38.5 Å². The van der Waals surface area contributed by atoms with Crippen LogP contribution < -0.4 is 10.0 Å². The standard InChI is InChI=1S/C26H20Cl2FN7O2S2/c1-13-7-8-17(27)24(20(13)28)40(37,38)36-18-6-4-5-16(21(18)29)22-23(19-9-10-31-26(30-3)34-19)39-25(35-22)15-11-32-14(2)33-12-15/h4-12,36H,1-3H3,(H,30,31,34). The number of aryl methyl sites for hydroxylation is 2. The van der Waals surface area contributed by atoms with Gasteiger partial charge in [-0.2, -0.15) is 0 Å². The second kappa shape index (κ2) is 11.0. The molecular formula is C26H20Cl2FN7O2S2. The summed E-state index contributed by atoms with van der Waals surface area (Å²) in [7, 11) is -2.66. The zero-order valence-electron chi connectivity index (χ0n) is 21.2. The number of anilines is 2. The Morgan fingerprint density at radius 2 is 1.73 bits per heavy atom. The summed E-state index contributed by atoms with van der Waals surface area (Å²) in [5, 5.41) is 3.28.